The zero-order valence-corrected chi connectivity index (χ0v) is 8.99. The van der Waals surface area contributed by atoms with E-state index in [-0.39, 0.29) is 11.8 Å². The molecule has 1 atom stereocenters. The van der Waals surface area contributed by atoms with Gasteiger partial charge in [0.25, 0.3) is 0 Å². The quantitative estimate of drug-likeness (QED) is 0.669. The van der Waals surface area contributed by atoms with E-state index in [9.17, 15) is 9.90 Å². The van der Waals surface area contributed by atoms with Crippen molar-refractivity contribution in [3.05, 3.63) is 0 Å². The van der Waals surface area contributed by atoms with Gasteiger partial charge in [-0.3, -0.25) is 4.79 Å². The van der Waals surface area contributed by atoms with Crippen LogP contribution in [0.2, 0.25) is 0 Å². The number of amides is 1. The van der Waals surface area contributed by atoms with Crippen molar-refractivity contribution in [2.75, 3.05) is 19.6 Å². The van der Waals surface area contributed by atoms with Crippen LogP contribution in [0.25, 0.3) is 0 Å². The van der Waals surface area contributed by atoms with E-state index in [0.29, 0.717) is 19.6 Å². The first-order valence-electron chi connectivity index (χ1n) is 5.21. The second-order valence-corrected chi connectivity index (χ2v) is 4.41. The summed E-state index contributed by atoms with van der Waals surface area (Å²) in [6.45, 7) is 5.10. The van der Waals surface area contributed by atoms with E-state index in [1.807, 2.05) is 6.92 Å². The van der Waals surface area contributed by atoms with Gasteiger partial charge in [0, 0.05) is 6.54 Å². The largest absolute Gasteiger partial charge is 0.386 e. The summed E-state index contributed by atoms with van der Waals surface area (Å²) in [5.74, 6) is 0.0389. The minimum absolute atomic E-state index is 0.0592. The molecule has 3 N–H and O–H groups in total. The van der Waals surface area contributed by atoms with Gasteiger partial charge in [-0.05, 0) is 13.3 Å². The van der Waals surface area contributed by atoms with Crippen molar-refractivity contribution in [1.29, 1.82) is 0 Å². The van der Waals surface area contributed by atoms with Crippen LogP contribution in [0.5, 0.6) is 0 Å². The summed E-state index contributed by atoms with van der Waals surface area (Å²) in [6, 6.07) is 0. The molecule has 0 aromatic rings. The SMILES string of the molecule is CCCC(CN)C(=O)N1CC(C)(O)C1. The first kappa shape index (κ1) is 11.5. The van der Waals surface area contributed by atoms with Crippen LogP contribution >= 0.6 is 0 Å². The van der Waals surface area contributed by atoms with Crippen LogP contribution in [0.3, 0.4) is 0 Å². The predicted molar refractivity (Wildman–Crippen MR) is 54.7 cm³/mol. The van der Waals surface area contributed by atoms with Gasteiger partial charge in [-0.2, -0.15) is 0 Å². The summed E-state index contributed by atoms with van der Waals surface area (Å²) in [7, 11) is 0. The average molecular weight is 200 g/mol. The Labute approximate surface area is 85.1 Å². The molecule has 1 fully saturated rings. The van der Waals surface area contributed by atoms with E-state index in [2.05, 4.69) is 0 Å². The fourth-order valence-electron chi connectivity index (χ4n) is 1.88. The van der Waals surface area contributed by atoms with Crippen LogP contribution in [0.15, 0.2) is 0 Å². The van der Waals surface area contributed by atoms with Crippen molar-refractivity contribution in [3.63, 3.8) is 0 Å². The molecule has 4 nitrogen and oxygen atoms in total. The number of carbonyl (C=O) groups is 1. The topological polar surface area (TPSA) is 66.6 Å². The number of carbonyl (C=O) groups excluding carboxylic acids is 1. The molecule has 0 radical (unpaired) electrons. The number of nitrogens with two attached hydrogens (primary N) is 1. The fourth-order valence-corrected chi connectivity index (χ4v) is 1.88. The van der Waals surface area contributed by atoms with Gasteiger partial charge in [-0.15, -0.1) is 0 Å². The molecule has 1 heterocycles. The third-order valence-electron chi connectivity index (χ3n) is 2.65. The molecule has 1 aliphatic rings. The molecule has 1 saturated heterocycles. The Morgan fingerprint density at radius 1 is 1.64 bits per heavy atom. The maximum absolute atomic E-state index is 11.8. The molecule has 0 aromatic carbocycles. The molecular formula is C10H20N2O2. The van der Waals surface area contributed by atoms with E-state index in [0.717, 1.165) is 12.8 Å². The minimum atomic E-state index is -0.680. The number of β-amino-alcohol motifs (C(OH)–C–C–N with tert-alkyl or cyclic N) is 1. The van der Waals surface area contributed by atoms with Gasteiger partial charge < -0.3 is 15.7 Å². The molecular weight excluding hydrogens is 180 g/mol. The Morgan fingerprint density at radius 2 is 2.21 bits per heavy atom. The Balaban J connectivity index is 2.41. The van der Waals surface area contributed by atoms with Gasteiger partial charge in [0.05, 0.1) is 24.6 Å². The van der Waals surface area contributed by atoms with Crippen molar-refractivity contribution < 1.29 is 9.90 Å². The lowest BCUT2D eigenvalue weighted by molar-refractivity contribution is -0.156. The van der Waals surface area contributed by atoms with E-state index in [1.54, 1.807) is 11.8 Å². The lowest BCUT2D eigenvalue weighted by Crippen LogP contribution is -2.63. The Bertz CT molecular complexity index is 208. The van der Waals surface area contributed by atoms with Gasteiger partial charge in [-0.1, -0.05) is 13.3 Å². The van der Waals surface area contributed by atoms with E-state index >= 15 is 0 Å². The predicted octanol–water partition coefficient (Wildman–Crippen LogP) is -0.0454. The molecule has 0 bridgehead atoms. The highest BCUT2D eigenvalue weighted by molar-refractivity contribution is 5.80. The Hall–Kier alpha value is -0.610. The van der Waals surface area contributed by atoms with Crippen molar-refractivity contribution >= 4 is 5.91 Å². The molecule has 1 amide bonds. The van der Waals surface area contributed by atoms with Gasteiger partial charge in [-0.25, -0.2) is 0 Å². The Kier molecular flexibility index (Phi) is 3.50. The van der Waals surface area contributed by atoms with Crippen LogP contribution in [0, 0.1) is 5.92 Å². The molecule has 0 aromatic heterocycles. The maximum atomic E-state index is 11.8. The molecule has 1 unspecified atom stereocenters. The maximum Gasteiger partial charge on any atom is 0.227 e. The van der Waals surface area contributed by atoms with Gasteiger partial charge in [0.2, 0.25) is 5.91 Å². The lowest BCUT2D eigenvalue weighted by atomic mass is 9.93. The third kappa shape index (κ3) is 2.45. The van der Waals surface area contributed by atoms with Crippen LogP contribution in [0.4, 0.5) is 0 Å². The molecule has 14 heavy (non-hydrogen) atoms. The van der Waals surface area contributed by atoms with Gasteiger partial charge in [0.15, 0.2) is 0 Å². The zero-order valence-electron chi connectivity index (χ0n) is 8.99. The van der Waals surface area contributed by atoms with Gasteiger partial charge >= 0.3 is 0 Å². The Morgan fingerprint density at radius 3 is 2.57 bits per heavy atom. The summed E-state index contributed by atoms with van der Waals surface area (Å²) in [5.41, 5.74) is 4.85. The van der Waals surface area contributed by atoms with Crippen molar-refractivity contribution in [2.24, 2.45) is 11.7 Å². The lowest BCUT2D eigenvalue weighted by Gasteiger charge is -2.45. The molecule has 1 rings (SSSR count). The third-order valence-corrected chi connectivity index (χ3v) is 2.65. The van der Waals surface area contributed by atoms with E-state index in [4.69, 9.17) is 5.73 Å². The molecule has 0 saturated carbocycles. The van der Waals surface area contributed by atoms with Crippen LogP contribution in [-0.2, 0) is 4.79 Å². The fraction of sp³-hybridized carbons (Fsp3) is 0.900. The van der Waals surface area contributed by atoms with Crippen molar-refractivity contribution in [2.45, 2.75) is 32.3 Å². The number of hydrogen-bond acceptors (Lipinski definition) is 3. The normalized spacial score (nSPS) is 21.6. The molecule has 0 aliphatic carbocycles. The summed E-state index contributed by atoms with van der Waals surface area (Å²) in [6.07, 6.45) is 1.81. The highest BCUT2D eigenvalue weighted by atomic mass is 16.3. The molecule has 0 spiro atoms. The first-order valence-corrected chi connectivity index (χ1v) is 5.21. The van der Waals surface area contributed by atoms with E-state index < -0.39 is 5.60 Å². The number of aliphatic hydroxyl groups is 1. The zero-order chi connectivity index (χ0) is 10.8. The van der Waals surface area contributed by atoms with Crippen LogP contribution in [-0.4, -0.2) is 41.1 Å². The van der Waals surface area contributed by atoms with Crippen LogP contribution < -0.4 is 5.73 Å². The summed E-state index contributed by atoms with van der Waals surface area (Å²) in [5, 5.41) is 9.49. The first-order chi connectivity index (χ1) is 6.50. The van der Waals surface area contributed by atoms with Crippen molar-refractivity contribution in [1.82, 2.24) is 4.90 Å². The monoisotopic (exact) mass is 200 g/mol. The highest BCUT2D eigenvalue weighted by Gasteiger charge is 2.40. The number of likely N-dealkylation sites (tertiary alicyclic amines) is 1. The molecule has 1 aliphatic heterocycles. The smallest absolute Gasteiger partial charge is 0.227 e. The standard InChI is InChI=1S/C10H20N2O2/c1-3-4-8(5-11)9(13)12-6-10(2,14)7-12/h8,14H,3-7,11H2,1-2H3. The van der Waals surface area contributed by atoms with Crippen molar-refractivity contribution in [3.8, 4) is 0 Å². The summed E-state index contributed by atoms with van der Waals surface area (Å²) >= 11 is 0. The highest BCUT2D eigenvalue weighted by Crippen LogP contribution is 2.22. The number of nitrogens with zero attached hydrogens (tertiary/aromatic N) is 1. The molecule has 82 valence electrons. The summed E-state index contributed by atoms with van der Waals surface area (Å²) in [4.78, 5) is 13.5. The van der Waals surface area contributed by atoms with Crippen LogP contribution in [0.1, 0.15) is 26.7 Å². The number of rotatable bonds is 4. The molecule has 4 heteroatoms. The minimum Gasteiger partial charge on any atom is -0.386 e. The summed E-state index contributed by atoms with van der Waals surface area (Å²) < 4.78 is 0. The second kappa shape index (κ2) is 4.28. The average Bonchev–Trinajstić information content (AvgIpc) is 2.09. The van der Waals surface area contributed by atoms with E-state index in [1.165, 1.54) is 0 Å². The number of hydrogen-bond donors (Lipinski definition) is 2. The van der Waals surface area contributed by atoms with Gasteiger partial charge in [0.1, 0.15) is 0 Å². The second-order valence-electron chi connectivity index (χ2n) is 4.41.